The van der Waals surface area contributed by atoms with E-state index in [-0.39, 0.29) is 5.91 Å². The topological polar surface area (TPSA) is 69.2 Å². The Morgan fingerprint density at radius 1 is 1.17 bits per heavy atom. The SMILES string of the molecule is CCCOc1c(I)cc(/C=C2/SC(=Nc3ccccc3OC)NC2=O)cc1OCC. The van der Waals surface area contributed by atoms with Gasteiger partial charge in [-0.3, -0.25) is 4.79 Å². The molecule has 1 saturated heterocycles. The Balaban J connectivity index is 1.88. The van der Waals surface area contributed by atoms with E-state index in [4.69, 9.17) is 14.2 Å². The van der Waals surface area contributed by atoms with E-state index in [2.05, 4.69) is 39.8 Å². The summed E-state index contributed by atoms with van der Waals surface area (Å²) in [6.07, 6.45) is 2.75. The zero-order chi connectivity index (χ0) is 21.5. The van der Waals surface area contributed by atoms with E-state index >= 15 is 0 Å². The van der Waals surface area contributed by atoms with Crippen LogP contribution in [0.5, 0.6) is 17.2 Å². The van der Waals surface area contributed by atoms with Crippen molar-refractivity contribution in [2.45, 2.75) is 20.3 Å². The van der Waals surface area contributed by atoms with Crippen LogP contribution >= 0.6 is 34.4 Å². The number of aliphatic imine (C=N–C) groups is 1. The number of benzene rings is 2. The molecule has 3 rings (SSSR count). The van der Waals surface area contributed by atoms with Crippen molar-refractivity contribution in [2.75, 3.05) is 20.3 Å². The molecule has 0 atom stereocenters. The average Bonchev–Trinajstić information content (AvgIpc) is 3.06. The first kappa shape index (κ1) is 22.5. The van der Waals surface area contributed by atoms with Gasteiger partial charge >= 0.3 is 0 Å². The van der Waals surface area contributed by atoms with Gasteiger partial charge in [-0.1, -0.05) is 19.1 Å². The minimum atomic E-state index is -0.187. The third-order valence-corrected chi connectivity index (χ3v) is 5.75. The zero-order valence-corrected chi connectivity index (χ0v) is 20.0. The monoisotopic (exact) mass is 538 g/mol. The molecule has 1 heterocycles. The third-order valence-electron chi connectivity index (χ3n) is 4.04. The van der Waals surface area contributed by atoms with Crippen molar-refractivity contribution in [3.8, 4) is 17.2 Å². The van der Waals surface area contributed by atoms with Crippen LogP contribution in [-0.4, -0.2) is 31.4 Å². The Morgan fingerprint density at radius 3 is 2.70 bits per heavy atom. The van der Waals surface area contributed by atoms with E-state index in [0.29, 0.717) is 40.5 Å². The van der Waals surface area contributed by atoms with E-state index in [1.54, 1.807) is 7.11 Å². The fourth-order valence-electron chi connectivity index (χ4n) is 2.74. The van der Waals surface area contributed by atoms with E-state index in [9.17, 15) is 4.79 Å². The first-order valence-electron chi connectivity index (χ1n) is 9.57. The van der Waals surface area contributed by atoms with Crippen molar-refractivity contribution in [1.82, 2.24) is 5.32 Å². The predicted molar refractivity (Wildman–Crippen MR) is 130 cm³/mol. The Bertz CT molecular complexity index is 991. The summed E-state index contributed by atoms with van der Waals surface area (Å²) in [7, 11) is 1.59. The van der Waals surface area contributed by atoms with E-state index in [1.165, 1.54) is 11.8 Å². The van der Waals surface area contributed by atoms with Crippen molar-refractivity contribution in [2.24, 2.45) is 4.99 Å². The zero-order valence-electron chi connectivity index (χ0n) is 17.0. The number of ether oxygens (including phenoxy) is 3. The van der Waals surface area contributed by atoms with Gasteiger partial charge in [0.1, 0.15) is 11.4 Å². The molecule has 8 heteroatoms. The molecule has 1 N–H and O–H groups in total. The summed E-state index contributed by atoms with van der Waals surface area (Å²) in [6.45, 7) is 5.15. The predicted octanol–water partition coefficient (Wildman–Crippen LogP) is 5.38. The number of rotatable bonds is 8. The van der Waals surface area contributed by atoms with Crippen LogP contribution in [0.25, 0.3) is 6.08 Å². The normalized spacial score (nSPS) is 16.1. The minimum absolute atomic E-state index is 0.187. The minimum Gasteiger partial charge on any atom is -0.494 e. The number of nitrogens with one attached hydrogen (secondary N) is 1. The molecular formula is C22H23IN2O4S. The lowest BCUT2D eigenvalue weighted by molar-refractivity contribution is -0.115. The molecule has 158 valence electrons. The van der Waals surface area contributed by atoms with Gasteiger partial charge in [0.15, 0.2) is 16.7 Å². The highest BCUT2D eigenvalue weighted by atomic mass is 127. The van der Waals surface area contributed by atoms with Crippen molar-refractivity contribution in [3.05, 3.63) is 50.4 Å². The lowest BCUT2D eigenvalue weighted by Gasteiger charge is -2.14. The lowest BCUT2D eigenvalue weighted by atomic mass is 10.2. The van der Waals surface area contributed by atoms with Gasteiger partial charge in [-0.2, -0.15) is 0 Å². The van der Waals surface area contributed by atoms with Gasteiger partial charge in [0.2, 0.25) is 0 Å². The van der Waals surface area contributed by atoms with E-state index in [0.717, 1.165) is 21.3 Å². The van der Waals surface area contributed by atoms with Crippen LogP contribution in [0.4, 0.5) is 5.69 Å². The van der Waals surface area contributed by atoms with Gasteiger partial charge < -0.3 is 19.5 Å². The molecule has 0 aromatic heterocycles. The van der Waals surface area contributed by atoms with Gasteiger partial charge in [0.25, 0.3) is 5.91 Å². The Kier molecular flexibility index (Phi) is 8.03. The smallest absolute Gasteiger partial charge is 0.264 e. The highest BCUT2D eigenvalue weighted by Crippen LogP contribution is 2.37. The summed E-state index contributed by atoms with van der Waals surface area (Å²) in [5.74, 6) is 1.88. The Morgan fingerprint density at radius 2 is 1.97 bits per heavy atom. The van der Waals surface area contributed by atoms with Crippen LogP contribution in [0, 0.1) is 3.57 Å². The number of para-hydroxylation sites is 2. The van der Waals surface area contributed by atoms with E-state index in [1.807, 2.05) is 49.4 Å². The maximum Gasteiger partial charge on any atom is 0.264 e. The summed E-state index contributed by atoms with van der Waals surface area (Å²) in [5, 5.41) is 3.32. The number of amidine groups is 1. The fraction of sp³-hybridized carbons (Fsp3) is 0.273. The maximum atomic E-state index is 12.5. The second-order valence-electron chi connectivity index (χ2n) is 6.27. The average molecular weight is 538 g/mol. The number of thioether (sulfide) groups is 1. The highest BCUT2D eigenvalue weighted by Gasteiger charge is 2.24. The number of carbonyl (C=O) groups is 1. The van der Waals surface area contributed by atoms with Gasteiger partial charge in [-0.15, -0.1) is 0 Å². The highest BCUT2D eigenvalue weighted by molar-refractivity contribution is 14.1. The molecule has 30 heavy (non-hydrogen) atoms. The molecule has 0 unspecified atom stereocenters. The lowest BCUT2D eigenvalue weighted by Crippen LogP contribution is -2.19. The van der Waals surface area contributed by atoms with Crippen LogP contribution in [0.2, 0.25) is 0 Å². The number of halogens is 1. The van der Waals surface area contributed by atoms with Crippen molar-refractivity contribution >= 4 is 57.2 Å². The van der Waals surface area contributed by atoms with Crippen molar-refractivity contribution < 1.29 is 19.0 Å². The fourth-order valence-corrected chi connectivity index (χ4v) is 4.36. The van der Waals surface area contributed by atoms with Gasteiger partial charge in [-0.05, 0) is 83.6 Å². The first-order chi connectivity index (χ1) is 14.5. The first-order valence-corrected chi connectivity index (χ1v) is 11.5. The maximum absolute atomic E-state index is 12.5. The van der Waals surface area contributed by atoms with E-state index < -0.39 is 0 Å². The Hall–Kier alpha value is -2.20. The summed E-state index contributed by atoms with van der Waals surface area (Å²) in [6, 6.07) is 11.3. The summed E-state index contributed by atoms with van der Waals surface area (Å²) in [4.78, 5) is 17.5. The van der Waals surface area contributed by atoms with Crippen LogP contribution < -0.4 is 19.5 Å². The molecule has 1 fully saturated rings. The standard InChI is InChI=1S/C22H23IN2O4S/c1-4-10-29-20-15(23)11-14(12-18(20)28-5-2)13-19-21(26)25-22(30-19)24-16-8-6-7-9-17(16)27-3/h6-9,11-13H,4-5,10H2,1-3H3,(H,24,25,26)/b19-13+. The molecule has 0 spiro atoms. The molecule has 2 aromatic carbocycles. The number of carbonyl (C=O) groups excluding carboxylic acids is 1. The molecule has 2 aromatic rings. The largest absolute Gasteiger partial charge is 0.494 e. The second kappa shape index (κ2) is 10.7. The third kappa shape index (κ3) is 5.48. The summed E-state index contributed by atoms with van der Waals surface area (Å²) >= 11 is 3.52. The van der Waals surface area contributed by atoms with Gasteiger partial charge in [-0.25, -0.2) is 4.99 Å². The summed E-state index contributed by atoms with van der Waals surface area (Å²) in [5.41, 5.74) is 1.53. The number of hydrogen-bond donors (Lipinski definition) is 1. The van der Waals surface area contributed by atoms with Crippen LogP contribution in [0.15, 0.2) is 46.3 Å². The second-order valence-corrected chi connectivity index (χ2v) is 8.46. The molecule has 1 amide bonds. The molecule has 0 saturated carbocycles. The molecule has 0 aliphatic carbocycles. The number of hydrogen-bond acceptors (Lipinski definition) is 6. The van der Waals surface area contributed by atoms with Crippen molar-refractivity contribution in [3.63, 3.8) is 0 Å². The molecule has 1 aliphatic rings. The molecule has 0 bridgehead atoms. The number of methoxy groups -OCH3 is 1. The number of amides is 1. The van der Waals surface area contributed by atoms with Gasteiger partial charge in [0.05, 0.1) is 28.8 Å². The molecular weight excluding hydrogens is 515 g/mol. The van der Waals surface area contributed by atoms with Crippen molar-refractivity contribution in [1.29, 1.82) is 0 Å². The quantitative estimate of drug-likeness (QED) is 0.361. The number of nitrogens with zero attached hydrogens (tertiary/aromatic N) is 1. The molecule has 6 nitrogen and oxygen atoms in total. The van der Waals surface area contributed by atoms with Crippen LogP contribution in [-0.2, 0) is 4.79 Å². The van der Waals surface area contributed by atoms with Crippen LogP contribution in [0.3, 0.4) is 0 Å². The van der Waals surface area contributed by atoms with Crippen LogP contribution in [0.1, 0.15) is 25.8 Å². The Labute approximate surface area is 194 Å². The summed E-state index contributed by atoms with van der Waals surface area (Å²) < 4.78 is 17.9. The molecule has 1 aliphatic heterocycles. The van der Waals surface area contributed by atoms with Gasteiger partial charge in [0, 0.05) is 0 Å². The molecule has 0 radical (unpaired) electrons.